The first-order chi connectivity index (χ1) is 12.6. The fraction of sp³-hybridized carbons (Fsp3) is 0.188. The zero-order valence-electron chi connectivity index (χ0n) is 14.1. The maximum absolute atomic E-state index is 13.2. The monoisotopic (exact) mass is 432 g/mol. The van der Waals surface area contributed by atoms with Gasteiger partial charge in [-0.1, -0.05) is 17.7 Å². The van der Waals surface area contributed by atoms with Gasteiger partial charge in [0.15, 0.2) is 0 Å². The average Bonchev–Trinajstić information content (AvgIpc) is 2.61. The van der Waals surface area contributed by atoms with Crippen molar-refractivity contribution in [3.63, 3.8) is 0 Å². The van der Waals surface area contributed by atoms with Gasteiger partial charge >= 0.3 is 0 Å². The van der Waals surface area contributed by atoms with Crippen LogP contribution in [0.1, 0.15) is 6.92 Å². The van der Waals surface area contributed by atoms with Crippen LogP contribution in [-0.4, -0.2) is 31.7 Å². The first-order valence-corrected chi connectivity index (χ1v) is 9.61. The summed E-state index contributed by atoms with van der Waals surface area (Å²) in [6, 6.07) is 7.33. The molecule has 8 nitrogen and oxygen atoms in total. The van der Waals surface area contributed by atoms with E-state index in [-0.39, 0.29) is 21.4 Å². The summed E-state index contributed by atoms with van der Waals surface area (Å²) >= 11 is 11.5. The van der Waals surface area contributed by atoms with Crippen molar-refractivity contribution in [2.75, 3.05) is 11.4 Å². The fourth-order valence-electron chi connectivity index (χ4n) is 2.34. The van der Waals surface area contributed by atoms with Gasteiger partial charge in [0.2, 0.25) is 5.24 Å². The van der Waals surface area contributed by atoms with Crippen LogP contribution < -0.4 is 9.04 Å². The molecular weight excluding hydrogens is 419 g/mol. The van der Waals surface area contributed by atoms with Crippen molar-refractivity contribution in [1.82, 2.24) is 0 Å². The number of non-ortho nitro benzene ring substituents is 1. The van der Waals surface area contributed by atoms with Crippen LogP contribution in [0.25, 0.3) is 0 Å². The maximum atomic E-state index is 13.2. The Balaban J connectivity index is 2.75. The molecule has 0 aliphatic carbocycles. The van der Waals surface area contributed by atoms with Gasteiger partial charge in [-0.15, -0.1) is 0 Å². The summed E-state index contributed by atoms with van der Waals surface area (Å²) in [5.74, 6) is 0.123. The van der Waals surface area contributed by atoms with E-state index in [0.29, 0.717) is 0 Å². The summed E-state index contributed by atoms with van der Waals surface area (Å²) in [4.78, 5) is 21.7. The molecule has 0 saturated carbocycles. The molecule has 0 N–H and O–H groups in total. The molecule has 0 radical (unpaired) electrons. The van der Waals surface area contributed by atoms with E-state index < -0.39 is 31.9 Å². The number of carbonyl (C=O) groups excluding carboxylic acids is 1. The molecule has 11 heteroatoms. The third-order valence-corrected chi connectivity index (χ3v) is 6.08. The Bertz CT molecular complexity index is 996. The molecule has 0 saturated heterocycles. The second kappa shape index (κ2) is 8.12. The van der Waals surface area contributed by atoms with Crippen molar-refractivity contribution < 1.29 is 22.9 Å². The number of methoxy groups -OCH3 is 1. The van der Waals surface area contributed by atoms with Gasteiger partial charge in [0.25, 0.3) is 15.7 Å². The number of anilines is 1. The van der Waals surface area contributed by atoms with Crippen LogP contribution >= 0.6 is 23.2 Å². The Labute approximate surface area is 165 Å². The number of benzene rings is 2. The first kappa shape index (κ1) is 20.9. The van der Waals surface area contributed by atoms with Crippen LogP contribution in [0.15, 0.2) is 47.4 Å². The van der Waals surface area contributed by atoms with Gasteiger partial charge in [0, 0.05) is 17.2 Å². The number of nitro groups is 1. The van der Waals surface area contributed by atoms with Crippen molar-refractivity contribution in [1.29, 1.82) is 0 Å². The summed E-state index contributed by atoms with van der Waals surface area (Å²) in [6.07, 6.45) is 0. The van der Waals surface area contributed by atoms with E-state index in [1.54, 1.807) is 0 Å². The molecule has 144 valence electrons. The zero-order chi connectivity index (χ0) is 20.4. The predicted octanol–water partition coefficient (Wildman–Crippen LogP) is 3.61. The lowest BCUT2D eigenvalue weighted by Gasteiger charge is -2.29. The number of sulfonamides is 1. The number of nitro benzene ring substituents is 1. The zero-order valence-corrected chi connectivity index (χ0v) is 16.5. The van der Waals surface area contributed by atoms with Crippen molar-refractivity contribution in [3.8, 4) is 5.75 Å². The van der Waals surface area contributed by atoms with Gasteiger partial charge in [-0.3, -0.25) is 19.2 Å². The summed E-state index contributed by atoms with van der Waals surface area (Å²) < 4.78 is 32.4. The number of halogens is 2. The highest BCUT2D eigenvalue weighted by Gasteiger charge is 2.35. The van der Waals surface area contributed by atoms with Crippen LogP contribution in [0, 0.1) is 10.1 Å². The third kappa shape index (κ3) is 4.32. The second-order valence-electron chi connectivity index (χ2n) is 5.35. The van der Waals surface area contributed by atoms with E-state index in [1.807, 2.05) is 0 Å². The van der Waals surface area contributed by atoms with E-state index >= 15 is 0 Å². The molecule has 0 aliphatic rings. The number of rotatable bonds is 7. The van der Waals surface area contributed by atoms with Crippen molar-refractivity contribution in [3.05, 3.63) is 57.6 Å². The predicted molar refractivity (Wildman–Crippen MR) is 101 cm³/mol. The molecule has 27 heavy (non-hydrogen) atoms. The van der Waals surface area contributed by atoms with E-state index in [2.05, 4.69) is 0 Å². The third-order valence-electron chi connectivity index (χ3n) is 3.64. The first-order valence-electron chi connectivity index (χ1n) is 7.41. The van der Waals surface area contributed by atoms with Crippen LogP contribution in [0.2, 0.25) is 5.02 Å². The number of carbonyl (C=O) groups is 1. The summed E-state index contributed by atoms with van der Waals surface area (Å²) in [6.45, 7) is 1.28. The largest absolute Gasteiger partial charge is 0.495 e. The van der Waals surface area contributed by atoms with Crippen LogP contribution in [0.5, 0.6) is 5.75 Å². The molecular formula is C16H14Cl2N2O6S. The van der Waals surface area contributed by atoms with E-state index in [9.17, 15) is 23.3 Å². The lowest BCUT2D eigenvalue weighted by Crippen LogP contribution is -2.42. The smallest absolute Gasteiger partial charge is 0.270 e. The lowest BCUT2D eigenvalue weighted by molar-refractivity contribution is -0.385. The molecule has 1 unspecified atom stereocenters. The summed E-state index contributed by atoms with van der Waals surface area (Å²) in [7, 11) is -3.10. The van der Waals surface area contributed by atoms with Gasteiger partial charge in [-0.2, -0.15) is 0 Å². The molecule has 0 aliphatic heterocycles. The molecule has 0 fully saturated rings. The minimum Gasteiger partial charge on any atom is -0.495 e. The molecule has 1 atom stereocenters. The van der Waals surface area contributed by atoms with Gasteiger partial charge in [-0.25, -0.2) is 8.42 Å². The van der Waals surface area contributed by atoms with Crippen LogP contribution in [-0.2, 0) is 14.8 Å². The fourth-order valence-corrected chi connectivity index (χ4v) is 4.33. The SMILES string of the molecule is COc1ccc(Cl)cc1N(C(C)C(=O)Cl)S(=O)(=O)c1cccc([N+](=O)[O-])c1. The molecule has 0 bridgehead atoms. The minimum absolute atomic E-state index is 0.0296. The second-order valence-corrected chi connectivity index (χ2v) is 7.98. The Morgan fingerprint density at radius 1 is 1.26 bits per heavy atom. The molecule has 0 spiro atoms. The topological polar surface area (TPSA) is 107 Å². The van der Waals surface area contributed by atoms with Crippen molar-refractivity contribution >= 4 is 49.8 Å². The molecule has 2 aromatic carbocycles. The van der Waals surface area contributed by atoms with E-state index in [0.717, 1.165) is 16.4 Å². The van der Waals surface area contributed by atoms with Gasteiger partial charge < -0.3 is 4.74 Å². The highest BCUT2D eigenvalue weighted by molar-refractivity contribution is 7.93. The minimum atomic E-state index is -4.42. The van der Waals surface area contributed by atoms with Crippen LogP contribution in [0.4, 0.5) is 11.4 Å². The van der Waals surface area contributed by atoms with Crippen LogP contribution in [0.3, 0.4) is 0 Å². The summed E-state index contributed by atoms with van der Waals surface area (Å²) in [5.41, 5.74) is -0.447. The highest BCUT2D eigenvalue weighted by Crippen LogP contribution is 2.37. The molecule has 0 amide bonds. The van der Waals surface area contributed by atoms with E-state index in [4.69, 9.17) is 27.9 Å². The molecule has 0 heterocycles. The van der Waals surface area contributed by atoms with Gasteiger partial charge in [0.05, 0.1) is 22.6 Å². The van der Waals surface area contributed by atoms with Crippen molar-refractivity contribution in [2.45, 2.75) is 17.9 Å². The van der Waals surface area contributed by atoms with Gasteiger partial charge in [-0.05, 0) is 42.8 Å². The summed E-state index contributed by atoms with van der Waals surface area (Å²) in [5, 5.41) is 10.2. The quantitative estimate of drug-likeness (QED) is 0.375. The Morgan fingerprint density at radius 2 is 1.93 bits per heavy atom. The normalized spacial score (nSPS) is 12.3. The number of nitrogens with zero attached hydrogens (tertiary/aromatic N) is 2. The standard InChI is InChI=1S/C16H14Cl2N2O6S/c1-10(16(18)21)19(14-8-11(17)6-7-15(14)26-2)27(24,25)13-5-3-4-12(9-13)20(22)23/h3-10H,1-2H3. The number of hydrogen-bond acceptors (Lipinski definition) is 6. The average molecular weight is 433 g/mol. The van der Waals surface area contributed by atoms with E-state index in [1.165, 1.54) is 44.4 Å². The number of hydrogen-bond donors (Lipinski definition) is 0. The highest BCUT2D eigenvalue weighted by atomic mass is 35.5. The Morgan fingerprint density at radius 3 is 2.48 bits per heavy atom. The molecule has 0 aromatic heterocycles. The Hall–Kier alpha value is -2.36. The molecule has 2 rings (SSSR count). The van der Waals surface area contributed by atoms with Gasteiger partial charge in [0.1, 0.15) is 11.8 Å². The Kier molecular flexibility index (Phi) is 6.30. The van der Waals surface area contributed by atoms with Crippen molar-refractivity contribution in [2.24, 2.45) is 0 Å². The lowest BCUT2D eigenvalue weighted by atomic mass is 10.2. The number of ether oxygens (including phenoxy) is 1. The maximum Gasteiger partial charge on any atom is 0.270 e. The molecule has 2 aromatic rings.